The summed E-state index contributed by atoms with van der Waals surface area (Å²) in [6.07, 6.45) is 0.139. The van der Waals surface area contributed by atoms with Crippen molar-refractivity contribution in [2.75, 3.05) is 26.2 Å². The van der Waals surface area contributed by atoms with Crippen LogP contribution >= 0.6 is 0 Å². The molecule has 0 bridgehead atoms. The fraction of sp³-hybridized carbons (Fsp3) is 0.444. The van der Waals surface area contributed by atoms with Crippen LogP contribution in [0.3, 0.4) is 0 Å². The smallest absolute Gasteiger partial charge is 0.407 e. The van der Waals surface area contributed by atoms with Gasteiger partial charge in [0.1, 0.15) is 13.2 Å². The molecule has 2 atom stereocenters. The van der Waals surface area contributed by atoms with E-state index in [2.05, 4.69) is 29.6 Å². The SMILES string of the molecule is CC(C)(C)CN(CC(=O)O)C(=O)C1CC1CNC(=O)OCC1c2ccccc2-c2ccccc21. The number of hydrogen-bond acceptors (Lipinski definition) is 4. The van der Waals surface area contributed by atoms with Gasteiger partial charge in [0.05, 0.1) is 0 Å². The fourth-order valence-corrected chi connectivity index (χ4v) is 4.82. The second kappa shape index (κ2) is 9.49. The third-order valence-corrected chi connectivity index (χ3v) is 6.40. The fourth-order valence-electron chi connectivity index (χ4n) is 4.82. The molecular formula is C27H32N2O5. The van der Waals surface area contributed by atoms with E-state index in [4.69, 9.17) is 4.74 Å². The molecule has 0 aliphatic heterocycles. The number of carboxylic acids is 1. The van der Waals surface area contributed by atoms with Crippen molar-refractivity contribution in [3.8, 4) is 11.1 Å². The summed E-state index contributed by atoms with van der Waals surface area (Å²) in [5.74, 6) is -1.43. The van der Waals surface area contributed by atoms with Crippen molar-refractivity contribution in [3.63, 3.8) is 0 Å². The maximum absolute atomic E-state index is 12.8. The number of carbonyl (C=O) groups is 3. The molecular weight excluding hydrogens is 432 g/mol. The first-order valence-electron chi connectivity index (χ1n) is 11.7. The third-order valence-electron chi connectivity index (χ3n) is 6.40. The number of hydrogen-bond donors (Lipinski definition) is 2. The van der Waals surface area contributed by atoms with Crippen molar-refractivity contribution < 1.29 is 24.2 Å². The van der Waals surface area contributed by atoms with Gasteiger partial charge in [0.15, 0.2) is 0 Å². The Morgan fingerprint density at radius 2 is 1.62 bits per heavy atom. The van der Waals surface area contributed by atoms with Gasteiger partial charge in [0.25, 0.3) is 0 Å². The van der Waals surface area contributed by atoms with E-state index in [0.717, 1.165) is 11.1 Å². The molecule has 0 radical (unpaired) electrons. The second-order valence-electron chi connectivity index (χ2n) is 10.5. The Kier molecular flexibility index (Phi) is 6.64. The van der Waals surface area contributed by atoms with E-state index < -0.39 is 12.1 Å². The number of carbonyl (C=O) groups excluding carboxylic acids is 2. The van der Waals surface area contributed by atoms with Gasteiger partial charge in [-0.1, -0.05) is 69.3 Å². The topological polar surface area (TPSA) is 95.9 Å². The van der Waals surface area contributed by atoms with Crippen LogP contribution in [0, 0.1) is 17.3 Å². The number of benzene rings is 2. The van der Waals surface area contributed by atoms with Crippen molar-refractivity contribution in [2.45, 2.75) is 33.1 Å². The van der Waals surface area contributed by atoms with Crippen LogP contribution in [0.5, 0.6) is 0 Å². The number of ether oxygens (including phenoxy) is 1. The standard InChI is InChI=1S/C27H32N2O5/c1-27(2,3)16-29(14-24(30)31)25(32)22-12-17(22)13-28-26(33)34-15-23-20-10-6-4-8-18(20)19-9-5-7-11-21(19)23/h4-11,17,22-23H,12-16H2,1-3H3,(H,28,33)(H,30,31). The molecule has 2 aliphatic carbocycles. The zero-order chi connectivity index (χ0) is 24.5. The average molecular weight is 465 g/mol. The van der Waals surface area contributed by atoms with Crippen molar-refractivity contribution in [1.29, 1.82) is 0 Å². The molecule has 1 saturated carbocycles. The molecule has 2 amide bonds. The van der Waals surface area contributed by atoms with Gasteiger partial charge in [-0.25, -0.2) is 4.79 Å². The lowest BCUT2D eigenvalue weighted by Gasteiger charge is -2.29. The first-order valence-corrected chi connectivity index (χ1v) is 11.7. The Balaban J connectivity index is 1.28. The molecule has 0 saturated heterocycles. The quantitative estimate of drug-likeness (QED) is 0.613. The van der Waals surface area contributed by atoms with Gasteiger partial charge in [-0.05, 0) is 40.0 Å². The van der Waals surface area contributed by atoms with Crippen LogP contribution in [-0.4, -0.2) is 54.2 Å². The summed E-state index contributed by atoms with van der Waals surface area (Å²) in [7, 11) is 0. The van der Waals surface area contributed by atoms with Gasteiger partial charge in [-0.3, -0.25) is 9.59 Å². The van der Waals surface area contributed by atoms with E-state index in [9.17, 15) is 19.5 Å². The predicted molar refractivity (Wildman–Crippen MR) is 128 cm³/mol. The van der Waals surface area contributed by atoms with Gasteiger partial charge in [-0.2, -0.15) is 0 Å². The molecule has 1 fully saturated rings. The summed E-state index contributed by atoms with van der Waals surface area (Å²) in [4.78, 5) is 37.8. The molecule has 2 aromatic carbocycles. The maximum atomic E-state index is 12.8. The highest BCUT2D eigenvalue weighted by molar-refractivity contribution is 5.85. The van der Waals surface area contributed by atoms with Crippen LogP contribution in [0.1, 0.15) is 44.2 Å². The highest BCUT2D eigenvalue weighted by Crippen LogP contribution is 2.44. The lowest BCUT2D eigenvalue weighted by atomic mass is 9.95. The van der Waals surface area contributed by atoms with E-state index in [-0.39, 0.29) is 42.2 Å². The van der Waals surface area contributed by atoms with Crippen LogP contribution in [0.15, 0.2) is 48.5 Å². The Morgan fingerprint density at radius 1 is 1.03 bits per heavy atom. The molecule has 2 aliphatic rings. The Hall–Kier alpha value is -3.35. The van der Waals surface area contributed by atoms with Crippen LogP contribution in [0.2, 0.25) is 0 Å². The number of fused-ring (bicyclic) bond motifs is 3. The lowest BCUT2D eigenvalue weighted by Crippen LogP contribution is -2.42. The summed E-state index contributed by atoms with van der Waals surface area (Å²) in [6, 6.07) is 16.3. The van der Waals surface area contributed by atoms with E-state index in [1.54, 1.807) is 0 Å². The van der Waals surface area contributed by atoms with Gasteiger partial charge in [0, 0.05) is 24.9 Å². The summed E-state index contributed by atoms with van der Waals surface area (Å²) in [5.41, 5.74) is 4.46. The minimum Gasteiger partial charge on any atom is -0.480 e. The van der Waals surface area contributed by atoms with E-state index >= 15 is 0 Å². The lowest BCUT2D eigenvalue weighted by molar-refractivity contribution is -0.146. The van der Waals surface area contributed by atoms with Crippen molar-refractivity contribution in [1.82, 2.24) is 10.2 Å². The van der Waals surface area contributed by atoms with E-state index in [1.807, 2.05) is 45.0 Å². The largest absolute Gasteiger partial charge is 0.480 e. The molecule has 0 heterocycles. The molecule has 4 rings (SSSR count). The normalized spacial score (nSPS) is 18.6. The van der Waals surface area contributed by atoms with Crippen LogP contribution < -0.4 is 5.32 Å². The summed E-state index contributed by atoms with van der Waals surface area (Å²) >= 11 is 0. The Bertz CT molecular complexity index is 1040. The minimum atomic E-state index is -1.02. The highest BCUT2D eigenvalue weighted by Gasteiger charge is 2.45. The predicted octanol–water partition coefficient (Wildman–Crippen LogP) is 4.12. The molecule has 7 nitrogen and oxygen atoms in total. The average Bonchev–Trinajstić information content (AvgIpc) is 3.49. The third kappa shape index (κ3) is 5.41. The minimum absolute atomic E-state index is 0.00393. The molecule has 0 aromatic heterocycles. The van der Waals surface area contributed by atoms with Gasteiger partial charge in [0.2, 0.25) is 5.91 Å². The maximum Gasteiger partial charge on any atom is 0.407 e. The van der Waals surface area contributed by atoms with Crippen LogP contribution in [-0.2, 0) is 14.3 Å². The summed E-state index contributed by atoms with van der Waals surface area (Å²) < 4.78 is 5.56. The first-order chi connectivity index (χ1) is 16.1. The molecule has 7 heteroatoms. The van der Waals surface area contributed by atoms with E-state index in [0.29, 0.717) is 19.5 Å². The number of alkyl carbamates (subject to hydrolysis) is 1. The monoisotopic (exact) mass is 464 g/mol. The number of aliphatic carboxylic acids is 1. The first kappa shape index (κ1) is 23.8. The second-order valence-corrected chi connectivity index (χ2v) is 10.5. The molecule has 2 unspecified atom stereocenters. The van der Waals surface area contributed by atoms with Crippen molar-refractivity contribution >= 4 is 18.0 Å². The molecule has 34 heavy (non-hydrogen) atoms. The van der Waals surface area contributed by atoms with Gasteiger partial charge < -0.3 is 20.1 Å². The highest BCUT2D eigenvalue weighted by atomic mass is 16.5. The Morgan fingerprint density at radius 3 is 2.18 bits per heavy atom. The van der Waals surface area contributed by atoms with Crippen LogP contribution in [0.4, 0.5) is 4.79 Å². The van der Waals surface area contributed by atoms with Crippen molar-refractivity contribution in [2.24, 2.45) is 17.3 Å². The number of carboxylic acid groups (broad SMARTS) is 1. The van der Waals surface area contributed by atoms with Crippen LogP contribution in [0.25, 0.3) is 11.1 Å². The summed E-state index contributed by atoms with van der Waals surface area (Å²) in [5, 5.41) is 12.0. The number of rotatable bonds is 8. The Labute approximate surface area is 200 Å². The number of nitrogens with one attached hydrogen (secondary N) is 1. The number of nitrogens with zero attached hydrogens (tertiary/aromatic N) is 1. The molecule has 2 N–H and O–H groups in total. The zero-order valence-corrected chi connectivity index (χ0v) is 19.9. The van der Waals surface area contributed by atoms with Gasteiger partial charge in [-0.15, -0.1) is 0 Å². The molecule has 2 aromatic rings. The zero-order valence-electron chi connectivity index (χ0n) is 19.9. The molecule has 180 valence electrons. The van der Waals surface area contributed by atoms with E-state index in [1.165, 1.54) is 16.0 Å². The number of amides is 2. The van der Waals surface area contributed by atoms with Gasteiger partial charge >= 0.3 is 12.1 Å². The van der Waals surface area contributed by atoms with Crippen molar-refractivity contribution in [3.05, 3.63) is 59.7 Å². The molecule has 0 spiro atoms. The summed E-state index contributed by atoms with van der Waals surface area (Å²) in [6.45, 7) is 6.56.